The van der Waals surface area contributed by atoms with Crippen LogP contribution in [0.15, 0.2) is 40.3 Å². The van der Waals surface area contributed by atoms with Gasteiger partial charge in [-0.05, 0) is 6.42 Å². The maximum Gasteiger partial charge on any atom is 0.343 e. The lowest BCUT2D eigenvalue weighted by Gasteiger charge is -2.01. The standard InChI is InChI=1S/C13H15N3O2S/c1-16-12(18)14-15-13(16)19-9-5-8-11(17)10-6-3-2-4-7-10/h2-4,6-7H,5,8-9H2,1H3,(H,14,18). The highest BCUT2D eigenvalue weighted by molar-refractivity contribution is 7.99. The molecule has 0 aliphatic heterocycles. The number of ketones is 1. The molecule has 0 unspecified atom stereocenters. The molecule has 1 N–H and O–H groups in total. The van der Waals surface area contributed by atoms with Gasteiger partial charge < -0.3 is 0 Å². The van der Waals surface area contributed by atoms with E-state index in [0.29, 0.717) is 11.6 Å². The van der Waals surface area contributed by atoms with E-state index in [-0.39, 0.29) is 11.5 Å². The van der Waals surface area contributed by atoms with Crippen LogP contribution in [0, 0.1) is 0 Å². The van der Waals surface area contributed by atoms with E-state index in [9.17, 15) is 9.59 Å². The van der Waals surface area contributed by atoms with Crippen LogP contribution in [0.3, 0.4) is 0 Å². The van der Waals surface area contributed by atoms with Crippen molar-refractivity contribution in [2.45, 2.75) is 18.0 Å². The second kappa shape index (κ2) is 6.38. The normalized spacial score (nSPS) is 10.6. The Hall–Kier alpha value is -1.82. The van der Waals surface area contributed by atoms with E-state index < -0.39 is 0 Å². The number of carbonyl (C=O) groups is 1. The Kier molecular flexibility index (Phi) is 4.57. The summed E-state index contributed by atoms with van der Waals surface area (Å²) in [5.74, 6) is 0.911. The van der Waals surface area contributed by atoms with Crippen molar-refractivity contribution in [1.82, 2.24) is 14.8 Å². The Bertz CT molecular complexity index is 604. The molecule has 19 heavy (non-hydrogen) atoms. The maximum absolute atomic E-state index is 11.8. The number of nitrogens with zero attached hydrogens (tertiary/aromatic N) is 2. The molecule has 5 nitrogen and oxygen atoms in total. The van der Waals surface area contributed by atoms with Crippen molar-refractivity contribution in [3.8, 4) is 0 Å². The van der Waals surface area contributed by atoms with Gasteiger partial charge in [0.25, 0.3) is 0 Å². The van der Waals surface area contributed by atoms with Gasteiger partial charge in [0, 0.05) is 24.8 Å². The number of carbonyl (C=O) groups excluding carboxylic acids is 1. The van der Waals surface area contributed by atoms with Gasteiger partial charge in [-0.25, -0.2) is 9.89 Å². The second-order valence-corrected chi connectivity index (χ2v) is 5.17. The molecule has 0 bridgehead atoms. The Balaban J connectivity index is 1.77. The lowest BCUT2D eigenvalue weighted by atomic mass is 10.1. The summed E-state index contributed by atoms with van der Waals surface area (Å²) in [6, 6.07) is 9.27. The van der Waals surface area contributed by atoms with Gasteiger partial charge in [-0.15, -0.1) is 5.10 Å². The third-order valence-electron chi connectivity index (χ3n) is 2.71. The lowest BCUT2D eigenvalue weighted by Crippen LogP contribution is -2.12. The minimum atomic E-state index is -0.220. The predicted molar refractivity (Wildman–Crippen MR) is 74.6 cm³/mol. The van der Waals surface area contributed by atoms with Crippen LogP contribution in [0.2, 0.25) is 0 Å². The molecule has 0 saturated carbocycles. The summed E-state index contributed by atoms with van der Waals surface area (Å²) in [5.41, 5.74) is 0.530. The molecular weight excluding hydrogens is 262 g/mol. The molecule has 0 aliphatic carbocycles. The summed E-state index contributed by atoms with van der Waals surface area (Å²) in [4.78, 5) is 23.0. The molecule has 1 heterocycles. The zero-order chi connectivity index (χ0) is 13.7. The summed E-state index contributed by atoms with van der Waals surface area (Å²) in [6.45, 7) is 0. The molecule has 6 heteroatoms. The summed E-state index contributed by atoms with van der Waals surface area (Å²) >= 11 is 1.47. The molecule has 0 amide bonds. The Morgan fingerprint density at radius 1 is 1.37 bits per heavy atom. The number of aromatic amines is 1. The molecule has 0 atom stereocenters. The average Bonchev–Trinajstić information content (AvgIpc) is 2.76. The SMILES string of the molecule is Cn1c(SCCCC(=O)c2ccccc2)n[nH]c1=O. The first-order valence-electron chi connectivity index (χ1n) is 6.01. The molecular formula is C13H15N3O2S. The van der Waals surface area contributed by atoms with E-state index in [1.165, 1.54) is 16.3 Å². The van der Waals surface area contributed by atoms with Crippen molar-refractivity contribution in [2.75, 3.05) is 5.75 Å². The quantitative estimate of drug-likeness (QED) is 0.497. The third-order valence-corrected chi connectivity index (χ3v) is 3.83. The fourth-order valence-electron chi connectivity index (χ4n) is 1.63. The number of hydrogen-bond acceptors (Lipinski definition) is 4. The fourth-order valence-corrected chi connectivity index (χ4v) is 2.48. The van der Waals surface area contributed by atoms with Crippen molar-refractivity contribution < 1.29 is 4.79 Å². The summed E-state index contributed by atoms with van der Waals surface area (Å²) in [5, 5.41) is 6.93. The van der Waals surface area contributed by atoms with Gasteiger partial charge in [-0.1, -0.05) is 42.1 Å². The van der Waals surface area contributed by atoms with Gasteiger partial charge in [-0.2, -0.15) is 0 Å². The van der Waals surface area contributed by atoms with Crippen LogP contribution in [0.4, 0.5) is 0 Å². The van der Waals surface area contributed by atoms with Crippen molar-refractivity contribution >= 4 is 17.5 Å². The highest BCUT2D eigenvalue weighted by Crippen LogP contribution is 2.15. The zero-order valence-electron chi connectivity index (χ0n) is 10.6. The van der Waals surface area contributed by atoms with E-state index in [1.807, 2.05) is 30.3 Å². The Morgan fingerprint density at radius 2 is 2.11 bits per heavy atom. The number of aromatic nitrogens is 3. The van der Waals surface area contributed by atoms with Crippen molar-refractivity contribution in [1.29, 1.82) is 0 Å². The van der Waals surface area contributed by atoms with E-state index in [2.05, 4.69) is 10.2 Å². The first kappa shape index (κ1) is 13.6. The van der Waals surface area contributed by atoms with Crippen LogP contribution in [-0.2, 0) is 7.05 Å². The number of rotatable bonds is 6. The van der Waals surface area contributed by atoms with Crippen LogP contribution in [0.1, 0.15) is 23.2 Å². The van der Waals surface area contributed by atoms with Crippen molar-refractivity contribution in [3.63, 3.8) is 0 Å². The van der Waals surface area contributed by atoms with E-state index in [4.69, 9.17) is 0 Å². The van der Waals surface area contributed by atoms with Gasteiger partial charge in [0.1, 0.15) is 0 Å². The first-order valence-corrected chi connectivity index (χ1v) is 6.99. The average molecular weight is 277 g/mol. The van der Waals surface area contributed by atoms with Gasteiger partial charge >= 0.3 is 5.69 Å². The molecule has 0 spiro atoms. The predicted octanol–water partition coefficient (Wildman–Crippen LogP) is 1.86. The highest BCUT2D eigenvalue weighted by Gasteiger charge is 2.07. The molecule has 1 aromatic heterocycles. The molecule has 0 saturated heterocycles. The third kappa shape index (κ3) is 3.57. The molecule has 0 aliphatic rings. The van der Waals surface area contributed by atoms with Gasteiger partial charge in [0.05, 0.1) is 0 Å². The molecule has 0 fully saturated rings. The first-order chi connectivity index (χ1) is 9.18. The van der Waals surface area contributed by atoms with Crippen LogP contribution in [0.5, 0.6) is 0 Å². The van der Waals surface area contributed by atoms with Crippen LogP contribution < -0.4 is 5.69 Å². The number of hydrogen-bond donors (Lipinski definition) is 1. The fraction of sp³-hybridized carbons (Fsp3) is 0.308. The van der Waals surface area contributed by atoms with Gasteiger partial charge in [0.15, 0.2) is 10.9 Å². The monoisotopic (exact) mass is 277 g/mol. The van der Waals surface area contributed by atoms with Gasteiger partial charge in [0.2, 0.25) is 0 Å². The van der Waals surface area contributed by atoms with Gasteiger partial charge in [-0.3, -0.25) is 9.36 Å². The van der Waals surface area contributed by atoms with Crippen LogP contribution >= 0.6 is 11.8 Å². The Morgan fingerprint density at radius 3 is 2.74 bits per heavy atom. The molecule has 2 rings (SSSR count). The van der Waals surface area contributed by atoms with E-state index in [0.717, 1.165) is 17.7 Å². The summed E-state index contributed by atoms with van der Waals surface area (Å²) in [6.07, 6.45) is 1.27. The summed E-state index contributed by atoms with van der Waals surface area (Å²) < 4.78 is 1.46. The van der Waals surface area contributed by atoms with Crippen LogP contribution in [-0.4, -0.2) is 26.3 Å². The Labute approximate surface area is 115 Å². The molecule has 100 valence electrons. The second-order valence-electron chi connectivity index (χ2n) is 4.11. The smallest absolute Gasteiger partial charge is 0.294 e. The number of H-pyrrole nitrogens is 1. The molecule has 2 aromatic rings. The molecule has 0 radical (unpaired) electrons. The van der Waals surface area contributed by atoms with E-state index in [1.54, 1.807) is 7.05 Å². The zero-order valence-corrected chi connectivity index (χ0v) is 11.4. The lowest BCUT2D eigenvalue weighted by molar-refractivity contribution is 0.0982. The minimum absolute atomic E-state index is 0.150. The number of Topliss-reactive ketones (excluding diaryl/α,β-unsaturated/α-hetero) is 1. The largest absolute Gasteiger partial charge is 0.343 e. The summed E-state index contributed by atoms with van der Waals surface area (Å²) in [7, 11) is 1.67. The van der Waals surface area contributed by atoms with E-state index >= 15 is 0 Å². The van der Waals surface area contributed by atoms with Crippen molar-refractivity contribution in [3.05, 3.63) is 46.4 Å². The number of benzene rings is 1. The maximum atomic E-state index is 11.8. The minimum Gasteiger partial charge on any atom is -0.294 e. The molecule has 1 aromatic carbocycles. The van der Waals surface area contributed by atoms with Crippen molar-refractivity contribution in [2.24, 2.45) is 7.05 Å². The highest BCUT2D eigenvalue weighted by atomic mass is 32.2. The number of thioether (sulfide) groups is 1. The van der Waals surface area contributed by atoms with Crippen LogP contribution in [0.25, 0.3) is 0 Å². The number of nitrogens with one attached hydrogen (secondary N) is 1. The topological polar surface area (TPSA) is 67.8 Å².